The fourth-order valence-corrected chi connectivity index (χ4v) is 1.98. The van der Waals surface area contributed by atoms with E-state index >= 15 is 0 Å². The Kier molecular flexibility index (Phi) is 3.24. The van der Waals surface area contributed by atoms with Gasteiger partial charge in [-0.3, -0.25) is 4.79 Å². The van der Waals surface area contributed by atoms with E-state index in [0.29, 0.717) is 11.3 Å². The van der Waals surface area contributed by atoms with Crippen molar-refractivity contribution in [2.24, 2.45) is 8.73 Å². The lowest BCUT2D eigenvalue weighted by Crippen LogP contribution is -2.40. The Hall–Kier alpha value is -2.02. The zero-order valence-corrected chi connectivity index (χ0v) is 10.6. The molecule has 1 amide bonds. The van der Waals surface area contributed by atoms with Crippen molar-refractivity contribution >= 4 is 34.6 Å². The van der Waals surface area contributed by atoms with Crippen molar-refractivity contribution in [3.8, 4) is 0 Å². The zero-order valence-electron chi connectivity index (χ0n) is 9.82. The van der Waals surface area contributed by atoms with Crippen LogP contribution in [-0.4, -0.2) is 35.0 Å². The highest BCUT2D eigenvalue weighted by atomic mass is 32.1. The SMILES string of the molecule is CC(C(=O)O)N(C)C(=O)c1ccc2c(c1)N=S=N2. The van der Waals surface area contributed by atoms with Crippen molar-refractivity contribution in [2.75, 3.05) is 7.05 Å². The molecule has 2 rings (SSSR count). The molecule has 1 aromatic rings. The van der Waals surface area contributed by atoms with Gasteiger partial charge in [-0.1, -0.05) is 0 Å². The van der Waals surface area contributed by atoms with Crippen LogP contribution in [0.4, 0.5) is 11.4 Å². The number of benzene rings is 1. The van der Waals surface area contributed by atoms with Crippen LogP contribution in [0.5, 0.6) is 0 Å². The molecular formula is C11H11N3O3S. The number of hydrogen-bond acceptors (Lipinski definition) is 4. The number of carbonyl (C=O) groups excluding carboxylic acids is 1. The predicted molar refractivity (Wildman–Crippen MR) is 67.2 cm³/mol. The van der Waals surface area contributed by atoms with Crippen molar-refractivity contribution in [3.63, 3.8) is 0 Å². The summed E-state index contributed by atoms with van der Waals surface area (Å²) in [6.07, 6.45) is 0. The van der Waals surface area contributed by atoms with Gasteiger partial charge < -0.3 is 10.0 Å². The second kappa shape index (κ2) is 4.69. The first-order valence-electron chi connectivity index (χ1n) is 5.23. The molecule has 0 aliphatic carbocycles. The van der Waals surface area contributed by atoms with Crippen LogP contribution in [0.25, 0.3) is 0 Å². The summed E-state index contributed by atoms with van der Waals surface area (Å²) in [5.74, 6) is -1.39. The van der Waals surface area contributed by atoms with Gasteiger partial charge in [0, 0.05) is 12.6 Å². The normalized spacial score (nSPS) is 13.7. The zero-order chi connectivity index (χ0) is 13.3. The van der Waals surface area contributed by atoms with E-state index in [9.17, 15) is 9.59 Å². The molecule has 1 N–H and O–H groups in total. The van der Waals surface area contributed by atoms with Gasteiger partial charge >= 0.3 is 5.97 Å². The molecule has 1 aliphatic rings. The number of nitrogens with zero attached hydrogens (tertiary/aromatic N) is 3. The van der Waals surface area contributed by atoms with Gasteiger partial charge in [0.2, 0.25) is 0 Å². The molecule has 0 spiro atoms. The fraction of sp³-hybridized carbons (Fsp3) is 0.273. The maximum atomic E-state index is 12.1. The van der Waals surface area contributed by atoms with E-state index < -0.39 is 12.0 Å². The van der Waals surface area contributed by atoms with E-state index in [1.54, 1.807) is 18.2 Å². The van der Waals surface area contributed by atoms with Gasteiger partial charge in [-0.25, -0.2) is 4.79 Å². The molecule has 0 fully saturated rings. The quantitative estimate of drug-likeness (QED) is 0.920. The number of amides is 1. The summed E-state index contributed by atoms with van der Waals surface area (Å²) >= 11 is 1.07. The average molecular weight is 265 g/mol. The minimum Gasteiger partial charge on any atom is -0.480 e. The third kappa shape index (κ3) is 2.17. The third-order valence-electron chi connectivity index (χ3n) is 2.76. The Morgan fingerprint density at radius 3 is 2.67 bits per heavy atom. The lowest BCUT2D eigenvalue weighted by molar-refractivity contribution is -0.141. The van der Waals surface area contributed by atoms with Gasteiger partial charge in [0.1, 0.15) is 17.4 Å². The molecule has 1 aliphatic heterocycles. The number of carboxylic acids is 1. The van der Waals surface area contributed by atoms with Crippen LogP contribution >= 0.6 is 0 Å². The summed E-state index contributed by atoms with van der Waals surface area (Å²) in [6, 6.07) is 4.07. The van der Waals surface area contributed by atoms with Crippen LogP contribution < -0.4 is 0 Å². The molecule has 0 bridgehead atoms. The largest absolute Gasteiger partial charge is 0.480 e. The minimum absolute atomic E-state index is 0.347. The Balaban J connectivity index is 2.25. The van der Waals surface area contributed by atoms with Crippen molar-refractivity contribution in [1.82, 2.24) is 4.90 Å². The van der Waals surface area contributed by atoms with E-state index in [4.69, 9.17) is 5.11 Å². The molecule has 1 aromatic carbocycles. The number of fused-ring (bicyclic) bond motifs is 1. The lowest BCUT2D eigenvalue weighted by Gasteiger charge is -2.21. The van der Waals surface area contributed by atoms with Gasteiger partial charge in [-0.15, -0.1) is 0 Å². The molecule has 0 saturated carbocycles. The molecule has 0 aromatic heterocycles. The second-order valence-electron chi connectivity index (χ2n) is 3.90. The van der Waals surface area contributed by atoms with Gasteiger partial charge in [0.15, 0.2) is 0 Å². The molecular weight excluding hydrogens is 254 g/mol. The Morgan fingerprint density at radius 1 is 1.33 bits per heavy atom. The molecule has 1 atom stereocenters. The fourth-order valence-electron chi connectivity index (χ4n) is 1.46. The standard InChI is InChI=1S/C11H11N3O3S/c1-6(11(16)17)14(2)10(15)7-3-4-8-9(5-7)13-18-12-8/h3-6H,1-2H3,(H,16,17). The first-order valence-corrected chi connectivity index (χ1v) is 5.96. The van der Waals surface area contributed by atoms with E-state index in [-0.39, 0.29) is 5.91 Å². The van der Waals surface area contributed by atoms with Crippen molar-refractivity contribution in [2.45, 2.75) is 13.0 Å². The summed E-state index contributed by atoms with van der Waals surface area (Å²) in [5, 5.41) is 8.87. The van der Waals surface area contributed by atoms with E-state index in [0.717, 1.165) is 17.0 Å². The smallest absolute Gasteiger partial charge is 0.326 e. The van der Waals surface area contributed by atoms with Gasteiger partial charge in [-0.05, 0) is 25.1 Å². The summed E-state index contributed by atoms with van der Waals surface area (Å²) < 4.78 is 8.08. The first-order chi connectivity index (χ1) is 8.50. The molecule has 7 heteroatoms. The van der Waals surface area contributed by atoms with Crippen LogP contribution in [0.15, 0.2) is 26.9 Å². The highest BCUT2D eigenvalue weighted by Gasteiger charge is 2.23. The Bertz CT molecular complexity index is 593. The number of rotatable bonds is 3. The first kappa shape index (κ1) is 12.4. The van der Waals surface area contributed by atoms with Crippen LogP contribution in [-0.2, 0) is 16.1 Å². The molecule has 18 heavy (non-hydrogen) atoms. The highest BCUT2D eigenvalue weighted by Crippen LogP contribution is 2.32. The van der Waals surface area contributed by atoms with Gasteiger partial charge in [0.25, 0.3) is 5.91 Å². The maximum Gasteiger partial charge on any atom is 0.326 e. The van der Waals surface area contributed by atoms with Crippen molar-refractivity contribution in [3.05, 3.63) is 23.8 Å². The van der Waals surface area contributed by atoms with Crippen LogP contribution in [0.3, 0.4) is 0 Å². The summed E-state index contributed by atoms with van der Waals surface area (Å²) in [4.78, 5) is 24.1. The molecule has 0 radical (unpaired) electrons. The summed E-state index contributed by atoms with van der Waals surface area (Å²) in [7, 11) is 1.46. The van der Waals surface area contributed by atoms with Gasteiger partial charge in [0.05, 0.1) is 11.4 Å². The summed E-state index contributed by atoms with van der Waals surface area (Å²) in [5.41, 5.74) is 1.78. The summed E-state index contributed by atoms with van der Waals surface area (Å²) in [6.45, 7) is 1.46. The molecule has 94 valence electrons. The number of aliphatic carboxylic acids is 1. The second-order valence-corrected chi connectivity index (χ2v) is 4.43. The topological polar surface area (TPSA) is 82.3 Å². The maximum absolute atomic E-state index is 12.1. The van der Waals surface area contributed by atoms with Crippen molar-refractivity contribution < 1.29 is 14.7 Å². The highest BCUT2D eigenvalue weighted by molar-refractivity contribution is 7.58. The third-order valence-corrected chi connectivity index (χ3v) is 3.32. The number of likely N-dealkylation sites (N-methyl/N-ethyl adjacent to an activating group) is 1. The van der Waals surface area contributed by atoms with Crippen molar-refractivity contribution in [1.29, 1.82) is 0 Å². The molecule has 1 unspecified atom stereocenters. The number of carbonyl (C=O) groups is 2. The average Bonchev–Trinajstić information content (AvgIpc) is 2.82. The van der Waals surface area contributed by atoms with Crippen LogP contribution in [0.2, 0.25) is 0 Å². The number of carboxylic acid groups (broad SMARTS) is 1. The molecule has 6 nitrogen and oxygen atoms in total. The predicted octanol–water partition coefficient (Wildman–Crippen LogP) is 1.96. The number of hydrogen-bond donors (Lipinski definition) is 1. The molecule has 1 heterocycles. The monoisotopic (exact) mass is 265 g/mol. The van der Waals surface area contributed by atoms with E-state index in [2.05, 4.69) is 8.73 Å². The van der Waals surface area contributed by atoms with Crippen LogP contribution in [0, 0.1) is 0 Å². The Labute approximate surface area is 107 Å². The van der Waals surface area contributed by atoms with E-state index in [1.807, 2.05) is 0 Å². The van der Waals surface area contributed by atoms with Crippen LogP contribution in [0.1, 0.15) is 17.3 Å². The minimum atomic E-state index is -1.04. The molecule has 0 saturated heterocycles. The van der Waals surface area contributed by atoms with Gasteiger partial charge in [-0.2, -0.15) is 8.73 Å². The van der Waals surface area contributed by atoms with E-state index in [1.165, 1.54) is 18.9 Å². The Morgan fingerprint density at radius 2 is 2.00 bits per heavy atom. The lowest BCUT2D eigenvalue weighted by atomic mass is 10.1.